The number of nitrogens with zero attached hydrogens (tertiary/aromatic N) is 1. The minimum atomic E-state index is -0.911. The highest BCUT2D eigenvalue weighted by atomic mass is 79.9. The van der Waals surface area contributed by atoms with Crippen LogP contribution in [0.1, 0.15) is 37.6 Å². The summed E-state index contributed by atoms with van der Waals surface area (Å²) in [6, 6.07) is 5.78. The van der Waals surface area contributed by atoms with Gasteiger partial charge in [0, 0.05) is 23.2 Å². The molecule has 0 amide bonds. The highest BCUT2D eigenvalue weighted by Crippen LogP contribution is 2.26. The van der Waals surface area contributed by atoms with E-state index in [4.69, 9.17) is 5.11 Å². The number of carbonyl (C=O) groups is 1. The summed E-state index contributed by atoms with van der Waals surface area (Å²) in [7, 11) is 2.04. The Morgan fingerprint density at radius 3 is 2.44 bits per heavy atom. The molecule has 0 radical (unpaired) electrons. The van der Waals surface area contributed by atoms with Gasteiger partial charge in [-0.05, 0) is 53.4 Å². The topological polar surface area (TPSA) is 40.5 Å². The van der Waals surface area contributed by atoms with Gasteiger partial charge < -0.3 is 10.0 Å². The van der Waals surface area contributed by atoms with Crippen molar-refractivity contribution in [3.05, 3.63) is 28.2 Å². The summed E-state index contributed by atoms with van der Waals surface area (Å²) < 4.78 is 0.621. The molecule has 0 fully saturated rings. The van der Waals surface area contributed by atoms with Gasteiger partial charge in [0.25, 0.3) is 0 Å². The molecule has 1 aromatic rings. The molecule has 0 spiro atoms. The first-order valence-corrected chi connectivity index (χ1v) is 6.88. The lowest BCUT2D eigenvalue weighted by Gasteiger charge is -2.28. The number of halogens is 1. The molecule has 100 valence electrons. The van der Waals surface area contributed by atoms with Crippen LogP contribution in [0.25, 0.3) is 0 Å². The number of anilines is 1. The number of benzene rings is 1. The molecule has 1 atom stereocenters. The van der Waals surface area contributed by atoms with Crippen molar-refractivity contribution in [1.82, 2.24) is 0 Å². The molecule has 4 heteroatoms. The van der Waals surface area contributed by atoms with Gasteiger partial charge in [-0.1, -0.05) is 13.8 Å². The summed E-state index contributed by atoms with van der Waals surface area (Å²) in [5.41, 5.74) is 1.32. The number of rotatable bonds is 5. The van der Waals surface area contributed by atoms with E-state index in [1.807, 2.05) is 19.2 Å². The normalized spacial score (nSPS) is 12.6. The van der Waals surface area contributed by atoms with Gasteiger partial charge in [0.15, 0.2) is 0 Å². The predicted molar refractivity (Wildman–Crippen MR) is 78.4 cm³/mol. The van der Waals surface area contributed by atoms with Crippen LogP contribution >= 0.6 is 15.9 Å². The predicted octanol–water partition coefficient (Wildman–Crippen LogP) is 4.02. The fraction of sp³-hybridized carbons (Fsp3) is 0.500. The molecule has 3 nitrogen and oxygen atoms in total. The Kier molecular flexibility index (Phi) is 5.20. The molecule has 0 aliphatic heterocycles. The lowest BCUT2D eigenvalue weighted by atomic mass is 10.0. The lowest BCUT2D eigenvalue weighted by Crippen LogP contribution is -2.30. The van der Waals surface area contributed by atoms with Gasteiger partial charge in [0.1, 0.15) is 0 Å². The lowest BCUT2D eigenvalue weighted by molar-refractivity contribution is 0.0696. The number of aromatic carboxylic acids is 1. The Bertz CT molecular complexity index is 432. The highest BCUT2D eigenvalue weighted by molar-refractivity contribution is 9.10. The SMILES string of the molecule is CC(C)CC(C)N(C)c1ccc(C(=O)O)c(Br)c1. The zero-order chi connectivity index (χ0) is 13.9. The Hall–Kier alpha value is -1.03. The molecule has 0 aliphatic rings. The maximum atomic E-state index is 10.9. The second-order valence-electron chi connectivity index (χ2n) is 5.06. The summed E-state index contributed by atoms with van der Waals surface area (Å²) in [5.74, 6) is -0.268. The summed E-state index contributed by atoms with van der Waals surface area (Å²) in [4.78, 5) is 13.1. The first-order chi connectivity index (χ1) is 8.32. The van der Waals surface area contributed by atoms with Crippen LogP contribution in [0.4, 0.5) is 5.69 Å². The van der Waals surface area contributed by atoms with Crippen LogP contribution in [-0.4, -0.2) is 24.2 Å². The van der Waals surface area contributed by atoms with E-state index < -0.39 is 5.97 Å². The molecule has 1 rings (SSSR count). The zero-order valence-corrected chi connectivity index (χ0v) is 12.9. The maximum absolute atomic E-state index is 10.9. The Morgan fingerprint density at radius 1 is 1.39 bits per heavy atom. The van der Waals surface area contributed by atoms with Crippen LogP contribution in [-0.2, 0) is 0 Å². The molecule has 0 aromatic heterocycles. The standard InChI is InChI=1S/C14H20BrNO2/c1-9(2)7-10(3)16(4)11-5-6-12(14(17)18)13(15)8-11/h5-6,8-10H,7H2,1-4H3,(H,17,18). The fourth-order valence-electron chi connectivity index (χ4n) is 1.99. The molecule has 1 N–H and O–H groups in total. The molecule has 18 heavy (non-hydrogen) atoms. The Balaban J connectivity index is 2.90. The number of carboxylic acids is 1. The Morgan fingerprint density at radius 2 is 2.00 bits per heavy atom. The van der Waals surface area contributed by atoms with E-state index in [1.165, 1.54) is 0 Å². The summed E-state index contributed by atoms with van der Waals surface area (Å²) in [5, 5.41) is 8.98. The average Bonchev–Trinajstić information content (AvgIpc) is 2.26. The van der Waals surface area contributed by atoms with E-state index in [1.54, 1.807) is 6.07 Å². The second kappa shape index (κ2) is 6.23. The minimum absolute atomic E-state index is 0.295. The van der Waals surface area contributed by atoms with Crippen LogP contribution in [0, 0.1) is 5.92 Å². The van der Waals surface area contributed by atoms with E-state index in [9.17, 15) is 4.79 Å². The van der Waals surface area contributed by atoms with Gasteiger partial charge in [0.2, 0.25) is 0 Å². The molecule has 0 saturated carbocycles. The van der Waals surface area contributed by atoms with Crippen molar-refractivity contribution in [2.45, 2.75) is 33.2 Å². The Labute approximate surface area is 117 Å². The van der Waals surface area contributed by atoms with Crippen molar-refractivity contribution in [3.63, 3.8) is 0 Å². The average molecular weight is 314 g/mol. The van der Waals surface area contributed by atoms with Crippen LogP contribution < -0.4 is 4.90 Å². The van der Waals surface area contributed by atoms with Crippen molar-refractivity contribution >= 4 is 27.6 Å². The van der Waals surface area contributed by atoms with E-state index >= 15 is 0 Å². The highest BCUT2D eigenvalue weighted by Gasteiger charge is 2.14. The molecule has 1 aromatic carbocycles. The molecule has 0 bridgehead atoms. The van der Waals surface area contributed by atoms with E-state index in [2.05, 4.69) is 41.6 Å². The molecule has 0 aliphatic carbocycles. The quantitative estimate of drug-likeness (QED) is 0.892. The van der Waals surface area contributed by atoms with Crippen LogP contribution in [0.5, 0.6) is 0 Å². The van der Waals surface area contributed by atoms with E-state index in [0.29, 0.717) is 22.0 Å². The largest absolute Gasteiger partial charge is 0.478 e. The maximum Gasteiger partial charge on any atom is 0.336 e. The fourth-order valence-corrected chi connectivity index (χ4v) is 2.53. The minimum Gasteiger partial charge on any atom is -0.478 e. The van der Waals surface area contributed by atoms with Crippen molar-refractivity contribution in [1.29, 1.82) is 0 Å². The first-order valence-electron chi connectivity index (χ1n) is 6.08. The third-order valence-electron chi connectivity index (χ3n) is 3.06. The van der Waals surface area contributed by atoms with Gasteiger partial charge in [-0.15, -0.1) is 0 Å². The number of hydrogen-bond donors (Lipinski definition) is 1. The second-order valence-corrected chi connectivity index (χ2v) is 5.91. The van der Waals surface area contributed by atoms with Gasteiger partial charge in [-0.25, -0.2) is 4.79 Å². The summed E-state index contributed by atoms with van der Waals surface area (Å²) in [6.07, 6.45) is 1.11. The summed E-state index contributed by atoms with van der Waals surface area (Å²) in [6.45, 7) is 6.58. The molecule has 0 saturated heterocycles. The van der Waals surface area contributed by atoms with Crippen molar-refractivity contribution in [3.8, 4) is 0 Å². The van der Waals surface area contributed by atoms with Crippen molar-refractivity contribution in [2.75, 3.05) is 11.9 Å². The third kappa shape index (κ3) is 3.73. The van der Waals surface area contributed by atoms with Crippen LogP contribution in [0.15, 0.2) is 22.7 Å². The third-order valence-corrected chi connectivity index (χ3v) is 3.72. The number of carboxylic acid groups (broad SMARTS) is 1. The van der Waals surface area contributed by atoms with Gasteiger partial charge in [-0.3, -0.25) is 0 Å². The smallest absolute Gasteiger partial charge is 0.336 e. The molecule has 1 unspecified atom stereocenters. The van der Waals surface area contributed by atoms with Gasteiger partial charge in [0.05, 0.1) is 5.56 Å². The van der Waals surface area contributed by atoms with Crippen molar-refractivity contribution in [2.24, 2.45) is 5.92 Å². The van der Waals surface area contributed by atoms with Crippen LogP contribution in [0.2, 0.25) is 0 Å². The molecular weight excluding hydrogens is 294 g/mol. The first kappa shape index (κ1) is 15.0. The molecule has 0 heterocycles. The van der Waals surface area contributed by atoms with Gasteiger partial charge in [-0.2, -0.15) is 0 Å². The van der Waals surface area contributed by atoms with Gasteiger partial charge >= 0.3 is 5.97 Å². The summed E-state index contributed by atoms with van der Waals surface area (Å²) >= 11 is 3.31. The van der Waals surface area contributed by atoms with Crippen molar-refractivity contribution < 1.29 is 9.90 Å². The van der Waals surface area contributed by atoms with E-state index in [-0.39, 0.29) is 0 Å². The van der Waals surface area contributed by atoms with Crippen LogP contribution in [0.3, 0.4) is 0 Å². The zero-order valence-electron chi connectivity index (χ0n) is 11.3. The van der Waals surface area contributed by atoms with E-state index in [0.717, 1.165) is 12.1 Å². The number of hydrogen-bond acceptors (Lipinski definition) is 2. The molecular formula is C14H20BrNO2. The monoisotopic (exact) mass is 313 g/mol.